The van der Waals surface area contributed by atoms with Gasteiger partial charge in [0.25, 0.3) is 0 Å². The van der Waals surface area contributed by atoms with E-state index >= 15 is 0 Å². The van der Waals surface area contributed by atoms with Crippen LogP contribution in [-0.2, 0) is 22.6 Å². The average Bonchev–Trinajstić information content (AvgIpc) is 2.57. The van der Waals surface area contributed by atoms with Crippen molar-refractivity contribution in [2.75, 3.05) is 18.4 Å². The van der Waals surface area contributed by atoms with Gasteiger partial charge in [-0.05, 0) is 31.4 Å². The molecule has 2 heterocycles. The van der Waals surface area contributed by atoms with Crippen LogP contribution in [0.5, 0.6) is 0 Å². The fourth-order valence-corrected chi connectivity index (χ4v) is 3.33. The highest BCUT2D eigenvalue weighted by Gasteiger charge is 2.29. The summed E-state index contributed by atoms with van der Waals surface area (Å²) in [6.45, 7) is 8.86. The van der Waals surface area contributed by atoms with Crippen LogP contribution in [-0.4, -0.2) is 45.3 Å². The highest BCUT2D eigenvalue weighted by Crippen LogP contribution is 2.28. The third kappa shape index (κ3) is 5.30. The lowest BCUT2D eigenvalue weighted by Crippen LogP contribution is -2.47. The van der Waals surface area contributed by atoms with Gasteiger partial charge in [-0.2, -0.15) is 0 Å². The van der Waals surface area contributed by atoms with Crippen molar-refractivity contribution in [2.24, 2.45) is 0 Å². The number of hydrogen-bond acceptors (Lipinski definition) is 5. The first-order valence-electron chi connectivity index (χ1n) is 9.07. The van der Waals surface area contributed by atoms with Crippen molar-refractivity contribution < 1.29 is 9.59 Å². The number of carbonyl (C=O) groups is 2. The first-order valence-corrected chi connectivity index (χ1v) is 9.45. The molecule has 1 aliphatic rings. The highest BCUT2D eigenvalue weighted by molar-refractivity contribution is 6.28. The number of anilines is 1. The van der Waals surface area contributed by atoms with Crippen LogP contribution < -0.4 is 10.6 Å². The molecule has 0 spiro atoms. The summed E-state index contributed by atoms with van der Waals surface area (Å²) < 4.78 is 0. The van der Waals surface area contributed by atoms with Gasteiger partial charge in [-0.3, -0.25) is 9.59 Å². The number of unbranched alkanes of at least 4 members (excludes halogenated alkanes) is 1. The topological polar surface area (TPSA) is 87.2 Å². The van der Waals surface area contributed by atoms with Gasteiger partial charge < -0.3 is 15.5 Å². The van der Waals surface area contributed by atoms with Crippen LogP contribution in [0.3, 0.4) is 0 Å². The van der Waals surface area contributed by atoms with E-state index in [1.54, 1.807) is 11.8 Å². The van der Waals surface area contributed by atoms with E-state index < -0.39 is 0 Å². The zero-order valence-electron chi connectivity index (χ0n) is 16.0. The van der Waals surface area contributed by atoms with Crippen LogP contribution in [0, 0.1) is 0 Å². The number of aromatic nitrogens is 2. The maximum atomic E-state index is 11.7. The van der Waals surface area contributed by atoms with Gasteiger partial charge in [-0.1, -0.05) is 19.8 Å². The molecule has 8 heteroatoms. The van der Waals surface area contributed by atoms with Crippen molar-refractivity contribution in [1.82, 2.24) is 20.2 Å². The Morgan fingerprint density at radius 1 is 1.31 bits per heavy atom. The fraction of sp³-hybridized carbons (Fsp3) is 0.667. The van der Waals surface area contributed by atoms with Crippen molar-refractivity contribution in [3.05, 3.63) is 16.5 Å². The van der Waals surface area contributed by atoms with E-state index in [0.29, 0.717) is 31.9 Å². The van der Waals surface area contributed by atoms with Crippen molar-refractivity contribution in [3.63, 3.8) is 0 Å². The third-order valence-electron chi connectivity index (χ3n) is 4.71. The Bertz CT molecular complexity index is 682. The Balaban J connectivity index is 2.28. The number of fused-ring (bicyclic) bond motifs is 1. The summed E-state index contributed by atoms with van der Waals surface area (Å²) in [6.07, 6.45) is 3.66. The summed E-state index contributed by atoms with van der Waals surface area (Å²) in [7, 11) is 0. The molecule has 0 aliphatic carbocycles. The van der Waals surface area contributed by atoms with Gasteiger partial charge >= 0.3 is 0 Å². The third-order valence-corrected chi connectivity index (χ3v) is 4.88. The molecular formula is C18H28ClN5O2. The van der Waals surface area contributed by atoms with Crippen LogP contribution in [0.4, 0.5) is 5.82 Å². The molecule has 1 atom stereocenters. The summed E-state index contributed by atoms with van der Waals surface area (Å²) in [5, 5.41) is 6.57. The number of halogens is 1. The zero-order valence-corrected chi connectivity index (χ0v) is 16.7. The van der Waals surface area contributed by atoms with E-state index in [9.17, 15) is 9.59 Å². The number of nitrogens with one attached hydrogen (secondary N) is 2. The molecule has 0 aromatic carbocycles. The summed E-state index contributed by atoms with van der Waals surface area (Å²) in [6, 6.07) is 0. The SMILES string of the molecule is CCCCC(C)(CNC(C)=O)Nc1nc(Cl)nc2c1CCN(C(C)=O)C2. The van der Waals surface area contributed by atoms with Crippen LogP contribution in [0.2, 0.25) is 5.28 Å². The summed E-state index contributed by atoms with van der Waals surface area (Å²) in [5.41, 5.74) is 1.44. The number of nitrogens with zero attached hydrogens (tertiary/aromatic N) is 3. The predicted molar refractivity (Wildman–Crippen MR) is 102 cm³/mol. The van der Waals surface area contributed by atoms with Crippen molar-refractivity contribution in [1.29, 1.82) is 0 Å². The lowest BCUT2D eigenvalue weighted by molar-refractivity contribution is -0.129. The molecule has 2 amide bonds. The first-order chi connectivity index (χ1) is 12.2. The molecule has 0 saturated heterocycles. The molecule has 0 bridgehead atoms. The average molecular weight is 382 g/mol. The second-order valence-electron chi connectivity index (χ2n) is 7.16. The van der Waals surface area contributed by atoms with Crippen LogP contribution in [0.15, 0.2) is 0 Å². The van der Waals surface area contributed by atoms with E-state index in [1.165, 1.54) is 6.92 Å². The number of hydrogen-bond donors (Lipinski definition) is 2. The molecule has 0 fully saturated rings. The van der Waals surface area contributed by atoms with Crippen LogP contribution >= 0.6 is 11.6 Å². The number of amides is 2. The quantitative estimate of drug-likeness (QED) is 0.708. The van der Waals surface area contributed by atoms with Crippen molar-refractivity contribution in [2.45, 2.75) is 65.5 Å². The van der Waals surface area contributed by atoms with Gasteiger partial charge in [0.2, 0.25) is 17.1 Å². The Labute approximate surface area is 159 Å². The number of rotatable bonds is 7. The van der Waals surface area contributed by atoms with Gasteiger partial charge in [-0.15, -0.1) is 0 Å². The van der Waals surface area contributed by atoms with Gasteiger partial charge in [0.15, 0.2) is 0 Å². The van der Waals surface area contributed by atoms with Crippen LogP contribution in [0.25, 0.3) is 0 Å². The van der Waals surface area contributed by atoms with Gasteiger partial charge in [0.1, 0.15) is 5.82 Å². The maximum Gasteiger partial charge on any atom is 0.224 e. The van der Waals surface area contributed by atoms with Gasteiger partial charge in [0.05, 0.1) is 17.8 Å². The molecule has 26 heavy (non-hydrogen) atoms. The Morgan fingerprint density at radius 3 is 2.65 bits per heavy atom. The van der Waals surface area contributed by atoms with E-state index in [4.69, 9.17) is 11.6 Å². The molecule has 1 aromatic rings. The molecule has 0 saturated carbocycles. The molecule has 0 radical (unpaired) electrons. The monoisotopic (exact) mass is 381 g/mol. The van der Waals surface area contributed by atoms with E-state index in [0.717, 1.165) is 30.5 Å². The minimum atomic E-state index is -0.342. The molecule has 1 aromatic heterocycles. The molecular weight excluding hydrogens is 354 g/mol. The minimum absolute atomic E-state index is 0.0262. The Morgan fingerprint density at radius 2 is 2.04 bits per heavy atom. The van der Waals surface area contributed by atoms with Crippen molar-refractivity contribution in [3.8, 4) is 0 Å². The van der Waals surface area contributed by atoms with Gasteiger partial charge in [-0.25, -0.2) is 9.97 Å². The fourth-order valence-electron chi connectivity index (χ4n) is 3.14. The highest BCUT2D eigenvalue weighted by atomic mass is 35.5. The largest absolute Gasteiger partial charge is 0.363 e. The van der Waals surface area contributed by atoms with Gasteiger partial charge in [0, 0.05) is 32.5 Å². The second kappa shape index (κ2) is 8.66. The molecule has 144 valence electrons. The first kappa shape index (κ1) is 20.4. The second-order valence-corrected chi connectivity index (χ2v) is 7.49. The van der Waals surface area contributed by atoms with Crippen LogP contribution in [0.1, 0.15) is 58.2 Å². The number of carbonyl (C=O) groups excluding carboxylic acids is 2. The predicted octanol–water partition coefficient (Wildman–Crippen LogP) is 2.53. The summed E-state index contributed by atoms with van der Waals surface area (Å²) >= 11 is 6.13. The molecule has 1 unspecified atom stereocenters. The molecule has 1 aliphatic heterocycles. The lowest BCUT2D eigenvalue weighted by Gasteiger charge is -2.34. The Hall–Kier alpha value is -1.89. The molecule has 2 N–H and O–H groups in total. The smallest absolute Gasteiger partial charge is 0.224 e. The lowest BCUT2D eigenvalue weighted by atomic mass is 9.93. The normalized spacial score (nSPS) is 15.8. The van der Waals surface area contributed by atoms with E-state index in [-0.39, 0.29) is 22.6 Å². The van der Waals surface area contributed by atoms with Crippen molar-refractivity contribution >= 4 is 29.2 Å². The maximum absolute atomic E-state index is 11.7. The van der Waals surface area contributed by atoms with E-state index in [1.807, 2.05) is 0 Å². The Kier molecular flexibility index (Phi) is 6.81. The zero-order chi connectivity index (χ0) is 19.3. The van der Waals surface area contributed by atoms with E-state index in [2.05, 4.69) is 34.4 Å². The summed E-state index contributed by atoms with van der Waals surface area (Å²) in [5.74, 6) is 0.667. The standard InChI is InChI=1S/C18H28ClN5O2/c1-5-6-8-18(4,11-20-12(2)25)23-16-14-7-9-24(13(3)26)10-15(14)21-17(19)22-16/h5-11H2,1-4H3,(H,20,25)(H,21,22,23). The molecule has 7 nitrogen and oxygen atoms in total. The summed E-state index contributed by atoms with van der Waals surface area (Å²) in [4.78, 5) is 33.5. The minimum Gasteiger partial charge on any atom is -0.363 e. The molecule has 2 rings (SSSR count).